The van der Waals surface area contributed by atoms with Gasteiger partial charge in [0.05, 0.1) is 6.04 Å². The van der Waals surface area contributed by atoms with Crippen molar-refractivity contribution in [3.8, 4) is 12.3 Å². The monoisotopic (exact) mass is 222 g/mol. The summed E-state index contributed by atoms with van der Waals surface area (Å²) in [4.78, 5) is 11.6. The molecule has 1 rings (SSSR count). The lowest BCUT2D eigenvalue weighted by Gasteiger charge is -2.13. The summed E-state index contributed by atoms with van der Waals surface area (Å²) in [5.41, 5.74) is 0. The first kappa shape index (κ1) is 13.1. The summed E-state index contributed by atoms with van der Waals surface area (Å²) >= 11 is 0. The Bertz CT molecular complexity index is 251. The quantitative estimate of drug-likeness (QED) is 0.665. The molecule has 2 N–H and O–H groups in total. The van der Waals surface area contributed by atoms with E-state index in [0.29, 0.717) is 12.3 Å². The second-order valence-electron chi connectivity index (χ2n) is 4.47. The van der Waals surface area contributed by atoms with Gasteiger partial charge in [0.1, 0.15) is 0 Å². The molecule has 0 spiro atoms. The van der Waals surface area contributed by atoms with Gasteiger partial charge in [0.15, 0.2) is 0 Å². The number of nitrogens with one attached hydrogen (secondary N) is 2. The highest BCUT2D eigenvalue weighted by Gasteiger charge is 2.16. The average Bonchev–Trinajstić information content (AvgIpc) is 2.78. The van der Waals surface area contributed by atoms with Crippen molar-refractivity contribution in [2.24, 2.45) is 5.92 Å². The molecule has 1 aliphatic rings. The van der Waals surface area contributed by atoms with E-state index in [1.807, 2.05) is 0 Å². The van der Waals surface area contributed by atoms with Crippen molar-refractivity contribution in [1.82, 2.24) is 10.6 Å². The molecule has 1 saturated heterocycles. The molecule has 0 aromatic carbocycles. The smallest absolute Gasteiger partial charge is 0.220 e. The Morgan fingerprint density at radius 1 is 1.69 bits per heavy atom. The van der Waals surface area contributed by atoms with Crippen LogP contribution in [0.25, 0.3) is 0 Å². The molecule has 0 saturated carbocycles. The van der Waals surface area contributed by atoms with E-state index >= 15 is 0 Å². The number of amides is 1. The molecule has 0 aromatic heterocycles. The van der Waals surface area contributed by atoms with E-state index in [1.165, 1.54) is 6.42 Å². The molecule has 3 heteroatoms. The van der Waals surface area contributed by atoms with E-state index in [0.717, 1.165) is 32.4 Å². The summed E-state index contributed by atoms with van der Waals surface area (Å²) in [6.07, 6.45) is 10.00. The molecule has 0 aromatic rings. The van der Waals surface area contributed by atoms with E-state index in [1.54, 1.807) is 0 Å². The van der Waals surface area contributed by atoms with E-state index in [-0.39, 0.29) is 11.9 Å². The SMILES string of the molecule is C#CC(CCC)NC(=O)CCC1CCNC1. The minimum Gasteiger partial charge on any atom is -0.342 e. The maximum Gasteiger partial charge on any atom is 0.220 e. The molecule has 2 unspecified atom stereocenters. The fraction of sp³-hybridized carbons (Fsp3) is 0.769. The molecule has 0 bridgehead atoms. The molecule has 0 radical (unpaired) electrons. The molecular formula is C13H22N2O. The Balaban J connectivity index is 2.16. The van der Waals surface area contributed by atoms with Crippen molar-refractivity contribution in [1.29, 1.82) is 0 Å². The van der Waals surface area contributed by atoms with Gasteiger partial charge in [-0.15, -0.1) is 6.42 Å². The first-order chi connectivity index (χ1) is 7.76. The molecule has 1 heterocycles. The highest BCUT2D eigenvalue weighted by Crippen LogP contribution is 2.14. The van der Waals surface area contributed by atoms with Crippen LogP contribution in [0.3, 0.4) is 0 Å². The zero-order chi connectivity index (χ0) is 11.8. The molecule has 0 aliphatic carbocycles. The highest BCUT2D eigenvalue weighted by molar-refractivity contribution is 5.76. The van der Waals surface area contributed by atoms with Gasteiger partial charge in [-0.2, -0.15) is 0 Å². The van der Waals surface area contributed by atoms with Crippen molar-refractivity contribution >= 4 is 5.91 Å². The third-order valence-electron chi connectivity index (χ3n) is 3.06. The predicted molar refractivity (Wildman–Crippen MR) is 65.9 cm³/mol. The Hall–Kier alpha value is -1.01. The molecule has 90 valence electrons. The van der Waals surface area contributed by atoms with Crippen LogP contribution in [-0.4, -0.2) is 25.0 Å². The summed E-state index contributed by atoms with van der Waals surface area (Å²) in [5, 5.41) is 6.20. The van der Waals surface area contributed by atoms with E-state index in [2.05, 4.69) is 23.5 Å². The van der Waals surface area contributed by atoms with Crippen molar-refractivity contribution in [3.63, 3.8) is 0 Å². The standard InChI is InChI=1S/C13H22N2O/c1-3-5-12(4-2)15-13(16)7-6-11-8-9-14-10-11/h2,11-12,14H,3,5-10H2,1H3,(H,15,16). The lowest BCUT2D eigenvalue weighted by atomic mass is 10.0. The van der Waals surface area contributed by atoms with Crippen LogP contribution in [0.4, 0.5) is 0 Å². The Morgan fingerprint density at radius 2 is 2.50 bits per heavy atom. The Labute approximate surface area is 98.4 Å². The zero-order valence-corrected chi connectivity index (χ0v) is 10.1. The van der Waals surface area contributed by atoms with Crippen molar-refractivity contribution in [2.45, 2.75) is 45.1 Å². The number of carbonyl (C=O) groups excluding carboxylic acids is 1. The fourth-order valence-corrected chi connectivity index (χ4v) is 2.05. The average molecular weight is 222 g/mol. The van der Waals surface area contributed by atoms with Gasteiger partial charge in [-0.25, -0.2) is 0 Å². The van der Waals surface area contributed by atoms with E-state index < -0.39 is 0 Å². The lowest BCUT2D eigenvalue weighted by Crippen LogP contribution is -2.33. The second-order valence-corrected chi connectivity index (χ2v) is 4.47. The van der Waals surface area contributed by atoms with Crippen molar-refractivity contribution in [2.75, 3.05) is 13.1 Å². The molecule has 1 fully saturated rings. The Kier molecular flexibility index (Phi) is 5.95. The molecule has 3 nitrogen and oxygen atoms in total. The van der Waals surface area contributed by atoms with Gasteiger partial charge in [-0.1, -0.05) is 19.3 Å². The predicted octanol–water partition coefficient (Wildman–Crippen LogP) is 1.29. The molecular weight excluding hydrogens is 200 g/mol. The largest absolute Gasteiger partial charge is 0.342 e. The van der Waals surface area contributed by atoms with Crippen LogP contribution in [0, 0.1) is 18.3 Å². The lowest BCUT2D eigenvalue weighted by molar-refractivity contribution is -0.121. The third kappa shape index (κ3) is 4.67. The van der Waals surface area contributed by atoms with Gasteiger partial charge in [-0.3, -0.25) is 4.79 Å². The number of hydrogen-bond acceptors (Lipinski definition) is 2. The number of terminal acetylenes is 1. The van der Waals surface area contributed by atoms with Gasteiger partial charge in [-0.05, 0) is 38.3 Å². The highest BCUT2D eigenvalue weighted by atomic mass is 16.1. The Morgan fingerprint density at radius 3 is 3.06 bits per heavy atom. The van der Waals surface area contributed by atoms with Gasteiger partial charge >= 0.3 is 0 Å². The summed E-state index contributed by atoms with van der Waals surface area (Å²) in [7, 11) is 0. The maximum atomic E-state index is 11.6. The van der Waals surface area contributed by atoms with Crippen molar-refractivity contribution in [3.05, 3.63) is 0 Å². The van der Waals surface area contributed by atoms with Gasteiger partial charge < -0.3 is 10.6 Å². The normalized spacial score (nSPS) is 21.4. The minimum atomic E-state index is -0.0841. The zero-order valence-electron chi connectivity index (χ0n) is 10.1. The maximum absolute atomic E-state index is 11.6. The summed E-state index contributed by atoms with van der Waals surface area (Å²) in [5.74, 6) is 3.39. The van der Waals surface area contributed by atoms with Crippen LogP contribution < -0.4 is 10.6 Å². The van der Waals surface area contributed by atoms with E-state index in [4.69, 9.17) is 6.42 Å². The topological polar surface area (TPSA) is 41.1 Å². The molecule has 16 heavy (non-hydrogen) atoms. The van der Waals surface area contributed by atoms with Crippen LogP contribution in [-0.2, 0) is 4.79 Å². The fourth-order valence-electron chi connectivity index (χ4n) is 2.05. The number of carbonyl (C=O) groups is 1. The first-order valence-corrected chi connectivity index (χ1v) is 6.22. The molecule has 1 amide bonds. The second kappa shape index (κ2) is 7.29. The van der Waals surface area contributed by atoms with Crippen LogP contribution in [0.1, 0.15) is 39.0 Å². The van der Waals surface area contributed by atoms with E-state index in [9.17, 15) is 4.79 Å². The number of rotatable bonds is 6. The third-order valence-corrected chi connectivity index (χ3v) is 3.06. The van der Waals surface area contributed by atoms with Gasteiger partial charge in [0.25, 0.3) is 0 Å². The van der Waals surface area contributed by atoms with Crippen LogP contribution in [0.2, 0.25) is 0 Å². The number of hydrogen-bond donors (Lipinski definition) is 2. The van der Waals surface area contributed by atoms with Gasteiger partial charge in [0, 0.05) is 6.42 Å². The molecule has 2 atom stereocenters. The molecule has 1 aliphatic heterocycles. The minimum absolute atomic E-state index is 0.0841. The van der Waals surface area contributed by atoms with Crippen molar-refractivity contribution < 1.29 is 4.79 Å². The van der Waals surface area contributed by atoms with Crippen LogP contribution >= 0.6 is 0 Å². The summed E-state index contributed by atoms with van der Waals surface area (Å²) in [6.45, 7) is 4.22. The van der Waals surface area contributed by atoms with Crippen LogP contribution in [0.5, 0.6) is 0 Å². The summed E-state index contributed by atoms with van der Waals surface area (Å²) < 4.78 is 0. The first-order valence-electron chi connectivity index (χ1n) is 6.22. The summed E-state index contributed by atoms with van der Waals surface area (Å²) in [6, 6.07) is -0.0841. The van der Waals surface area contributed by atoms with Gasteiger partial charge in [0.2, 0.25) is 5.91 Å². The van der Waals surface area contributed by atoms with Crippen LogP contribution in [0.15, 0.2) is 0 Å².